The van der Waals surface area contributed by atoms with E-state index in [0.717, 1.165) is 33.3 Å². The van der Waals surface area contributed by atoms with Crippen molar-refractivity contribution in [3.05, 3.63) is 54.4 Å². The molecule has 0 fully saturated rings. The van der Waals surface area contributed by atoms with Gasteiger partial charge in [-0.05, 0) is 36.9 Å². The SMILES string of the molecule is C=Cc1cccc(Nc2nccc(-c3c(SC)noc3C)n2)c1. The molecule has 1 N–H and O–H groups in total. The van der Waals surface area contributed by atoms with Crippen molar-refractivity contribution in [2.75, 3.05) is 11.6 Å². The Morgan fingerprint density at radius 2 is 2.17 bits per heavy atom. The normalized spacial score (nSPS) is 10.5. The molecule has 3 rings (SSSR count). The highest BCUT2D eigenvalue weighted by Gasteiger charge is 2.16. The van der Waals surface area contributed by atoms with Gasteiger partial charge in [0.1, 0.15) is 10.8 Å². The van der Waals surface area contributed by atoms with Crippen molar-refractivity contribution >= 4 is 29.5 Å². The van der Waals surface area contributed by atoms with E-state index in [4.69, 9.17) is 4.52 Å². The maximum absolute atomic E-state index is 5.27. The molecule has 1 aromatic carbocycles. The molecule has 5 nitrogen and oxygen atoms in total. The molecule has 0 aliphatic carbocycles. The van der Waals surface area contributed by atoms with Crippen LogP contribution in [-0.4, -0.2) is 21.4 Å². The van der Waals surface area contributed by atoms with Crippen LogP contribution in [0.2, 0.25) is 0 Å². The molecule has 0 aliphatic rings. The molecule has 3 aromatic rings. The second kappa shape index (κ2) is 6.66. The second-order valence-corrected chi connectivity index (χ2v) is 5.64. The quantitative estimate of drug-likeness (QED) is 0.695. The van der Waals surface area contributed by atoms with E-state index in [2.05, 4.69) is 27.0 Å². The van der Waals surface area contributed by atoms with E-state index < -0.39 is 0 Å². The molecule has 0 unspecified atom stereocenters. The first-order valence-electron chi connectivity index (χ1n) is 7.04. The monoisotopic (exact) mass is 324 g/mol. The van der Waals surface area contributed by atoms with Gasteiger partial charge in [0.05, 0.1) is 11.3 Å². The summed E-state index contributed by atoms with van der Waals surface area (Å²) in [6.45, 7) is 5.66. The molecule has 6 heteroatoms. The number of benzene rings is 1. The summed E-state index contributed by atoms with van der Waals surface area (Å²) in [6, 6.07) is 9.74. The fraction of sp³-hybridized carbons (Fsp3) is 0.118. The van der Waals surface area contributed by atoms with Gasteiger partial charge in [-0.1, -0.05) is 29.9 Å². The fourth-order valence-corrected chi connectivity index (χ4v) is 2.78. The molecule has 0 amide bonds. The van der Waals surface area contributed by atoms with Crippen molar-refractivity contribution in [2.24, 2.45) is 0 Å². The Morgan fingerprint density at radius 3 is 2.96 bits per heavy atom. The molecule has 0 spiro atoms. The summed E-state index contributed by atoms with van der Waals surface area (Å²) in [4.78, 5) is 8.85. The lowest BCUT2D eigenvalue weighted by atomic mass is 10.2. The first-order chi connectivity index (χ1) is 11.2. The van der Waals surface area contributed by atoms with Gasteiger partial charge in [-0.2, -0.15) is 0 Å². The van der Waals surface area contributed by atoms with Crippen LogP contribution in [0.3, 0.4) is 0 Å². The Bertz CT molecular complexity index is 844. The van der Waals surface area contributed by atoms with Crippen LogP contribution in [0.4, 0.5) is 11.6 Å². The Labute approximate surface area is 138 Å². The minimum Gasteiger partial charge on any atom is -0.360 e. The summed E-state index contributed by atoms with van der Waals surface area (Å²) in [6.07, 6.45) is 5.48. The van der Waals surface area contributed by atoms with E-state index in [1.165, 1.54) is 11.8 Å². The highest BCUT2D eigenvalue weighted by molar-refractivity contribution is 7.98. The number of thioether (sulfide) groups is 1. The Balaban J connectivity index is 1.93. The van der Waals surface area contributed by atoms with E-state index in [1.807, 2.05) is 43.5 Å². The molecule has 0 saturated heterocycles. The number of anilines is 2. The summed E-state index contributed by atoms with van der Waals surface area (Å²) < 4.78 is 5.27. The zero-order valence-electron chi connectivity index (χ0n) is 12.9. The van der Waals surface area contributed by atoms with Gasteiger partial charge in [0, 0.05) is 11.9 Å². The molecule has 0 saturated carbocycles. The maximum Gasteiger partial charge on any atom is 0.227 e. The standard InChI is InChI=1S/C17H16N4OS/c1-4-12-6-5-7-13(10-12)19-17-18-9-8-14(20-17)15-11(2)22-21-16(15)23-3/h4-10H,1H2,2-3H3,(H,18,19,20). The smallest absolute Gasteiger partial charge is 0.227 e. The predicted molar refractivity (Wildman–Crippen MR) is 93.9 cm³/mol. The zero-order chi connectivity index (χ0) is 16.2. The Kier molecular flexibility index (Phi) is 4.43. The van der Waals surface area contributed by atoms with Gasteiger partial charge in [0.15, 0.2) is 0 Å². The van der Waals surface area contributed by atoms with Crippen molar-refractivity contribution in [3.63, 3.8) is 0 Å². The molecule has 23 heavy (non-hydrogen) atoms. The summed E-state index contributed by atoms with van der Waals surface area (Å²) in [7, 11) is 0. The van der Waals surface area contributed by atoms with Crippen LogP contribution in [0.1, 0.15) is 11.3 Å². The average molecular weight is 324 g/mol. The fourth-order valence-electron chi connectivity index (χ4n) is 2.21. The van der Waals surface area contributed by atoms with E-state index >= 15 is 0 Å². The first kappa shape index (κ1) is 15.3. The highest BCUT2D eigenvalue weighted by atomic mass is 32.2. The summed E-state index contributed by atoms with van der Waals surface area (Å²) in [5.74, 6) is 1.27. The third-order valence-electron chi connectivity index (χ3n) is 3.31. The van der Waals surface area contributed by atoms with Crippen LogP contribution in [0.15, 0.2) is 52.7 Å². The third kappa shape index (κ3) is 3.27. The van der Waals surface area contributed by atoms with Crippen molar-refractivity contribution in [2.45, 2.75) is 11.9 Å². The third-order valence-corrected chi connectivity index (χ3v) is 3.98. The molecular weight excluding hydrogens is 308 g/mol. The molecule has 0 bridgehead atoms. The van der Waals surface area contributed by atoms with Crippen LogP contribution in [0, 0.1) is 6.92 Å². The van der Waals surface area contributed by atoms with Gasteiger partial charge < -0.3 is 9.84 Å². The van der Waals surface area contributed by atoms with Crippen molar-refractivity contribution in [1.29, 1.82) is 0 Å². The summed E-state index contributed by atoms with van der Waals surface area (Å²) in [5.41, 5.74) is 3.63. The number of rotatable bonds is 5. The predicted octanol–water partition coefficient (Wildman–Crippen LogP) is 4.55. The van der Waals surface area contributed by atoms with Crippen LogP contribution >= 0.6 is 11.8 Å². The van der Waals surface area contributed by atoms with Gasteiger partial charge in [-0.25, -0.2) is 9.97 Å². The number of hydrogen-bond donors (Lipinski definition) is 1. The lowest BCUT2D eigenvalue weighted by Crippen LogP contribution is -1.98. The van der Waals surface area contributed by atoms with E-state index in [-0.39, 0.29) is 0 Å². The number of hydrogen-bond acceptors (Lipinski definition) is 6. The number of nitrogens with zero attached hydrogens (tertiary/aromatic N) is 3. The van der Waals surface area contributed by atoms with Crippen molar-refractivity contribution in [3.8, 4) is 11.3 Å². The van der Waals surface area contributed by atoms with Gasteiger partial charge in [0.2, 0.25) is 5.95 Å². The minimum atomic E-state index is 0.524. The van der Waals surface area contributed by atoms with Gasteiger partial charge in [0.25, 0.3) is 0 Å². The lowest BCUT2D eigenvalue weighted by Gasteiger charge is -2.07. The molecule has 0 aliphatic heterocycles. The topological polar surface area (TPSA) is 63.8 Å². The van der Waals surface area contributed by atoms with Crippen molar-refractivity contribution < 1.29 is 4.52 Å². The lowest BCUT2D eigenvalue weighted by molar-refractivity contribution is 0.384. The van der Waals surface area contributed by atoms with Crippen LogP contribution < -0.4 is 5.32 Å². The first-order valence-corrected chi connectivity index (χ1v) is 8.27. The van der Waals surface area contributed by atoms with Gasteiger partial charge in [-0.3, -0.25) is 0 Å². The summed E-state index contributed by atoms with van der Waals surface area (Å²) in [5, 5.41) is 8.07. The second-order valence-electron chi connectivity index (χ2n) is 4.84. The van der Waals surface area contributed by atoms with Crippen LogP contribution in [-0.2, 0) is 0 Å². The molecule has 2 aromatic heterocycles. The molecular formula is C17H16N4OS. The zero-order valence-corrected chi connectivity index (χ0v) is 13.7. The maximum atomic E-state index is 5.27. The highest BCUT2D eigenvalue weighted by Crippen LogP contribution is 2.31. The van der Waals surface area contributed by atoms with Crippen molar-refractivity contribution in [1.82, 2.24) is 15.1 Å². The molecule has 0 radical (unpaired) electrons. The Hall–Kier alpha value is -2.60. The van der Waals surface area contributed by atoms with E-state index in [1.54, 1.807) is 12.3 Å². The van der Waals surface area contributed by atoms with Crippen LogP contribution in [0.5, 0.6) is 0 Å². The number of nitrogens with one attached hydrogen (secondary N) is 1. The number of aryl methyl sites for hydroxylation is 1. The molecule has 2 heterocycles. The number of aromatic nitrogens is 3. The van der Waals surface area contributed by atoms with Gasteiger partial charge >= 0.3 is 0 Å². The van der Waals surface area contributed by atoms with Gasteiger partial charge in [-0.15, -0.1) is 11.8 Å². The summed E-state index contributed by atoms with van der Waals surface area (Å²) >= 11 is 1.53. The van der Waals surface area contributed by atoms with Crippen LogP contribution in [0.25, 0.3) is 17.3 Å². The minimum absolute atomic E-state index is 0.524. The average Bonchev–Trinajstić information content (AvgIpc) is 2.96. The van der Waals surface area contributed by atoms with E-state index in [0.29, 0.717) is 5.95 Å². The molecule has 116 valence electrons. The molecule has 0 atom stereocenters. The Morgan fingerprint density at radius 1 is 1.30 bits per heavy atom. The van der Waals surface area contributed by atoms with E-state index in [9.17, 15) is 0 Å². The largest absolute Gasteiger partial charge is 0.360 e.